The van der Waals surface area contributed by atoms with Crippen molar-refractivity contribution in [2.24, 2.45) is 0 Å². The van der Waals surface area contributed by atoms with Crippen molar-refractivity contribution in [1.82, 2.24) is 0 Å². The highest BCUT2D eigenvalue weighted by Crippen LogP contribution is 2.27. The third-order valence-electron chi connectivity index (χ3n) is 3.16. The summed E-state index contributed by atoms with van der Waals surface area (Å²) in [6.07, 6.45) is 2.97. The molecular weight excluding hydrogens is 368 g/mol. The van der Waals surface area contributed by atoms with Crippen molar-refractivity contribution in [2.75, 3.05) is 28.7 Å². The number of anilines is 2. The molecule has 8 heteroatoms. The largest absolute Gasteiger partial charge is 0.324 e. The fourth-order valence-electron chi connectivity index (χ4n) is 2.07. The number of thioether (sulfide) groups is 1. The van der Waals surface area contributed by atoms with Gasteiger partial charge in [-0.05, 0) is 36.6 Å². The number of rotatable bonds is 6. The first-order valence-corrected chi connectivity index (χ1v) is 10.4. The minimum atomic E-state index is -3.66. The molecule has 0 saturated carbocycles. The average molecular weight is 385 g/mol. The van der Waals surface area contributed by atoms with Crippen LogP contribution in [0.1, 0.15) is 0 Å². The van der Waals surface area contributed by atoms with Crippen molar-refractivity contribution in [3.8, 4) is 0 Å². The number of halogens is 1. The molecule has 1 N–H and O–H groups in total. The molecule has 5 nitrogen and oxygen atoms in total. The van der Waals surface area contributed by atoms with Gasteiger partial charge in [0.1, 0.15) is 6.54 Å². The van der Waals surface area contributed by atoms with Crippen LogP contribution in [0.4, 0.5) is 11.4 Å². The molecule has 2 aromatic rings. The van der Waals surface area contributed by atoms with E-state index in [1.165, 1.54) is 0 Å². The maximum Gasteiger partial charge on any atom is 0.245 e. The Morgan fingerprint density at radius 1 is 1.21 bits per heavy atom. The van der Waals surface area contributed by atoms with Gasteiger partial charge in [0.2, 0.25) is 15.9 Å². The third kappa shape index (κ3) is 4.90. The molecule has 128 valence electrons. The predicted molar refractivity (Wildman–Crippen MR) is 100 cm³/mol. The Kier molecular flexibility index (Phi) is 6.15. The second-order valence-electron chi connectivity index (χ2n) is 5.00. The molecule has 0 unspecified atom stereocenters. The molecule has 2 rings (SSSR count). The summed E-state index contributed by atoms with van der Waals surface area (Å²) < 4.78 is 25.1. The summed E-state index contributed by atoms with van der Waals surface area (Å²) in [7, 11) is -3.66. The molecule has 1 amide bonds. The van der Waals surface area contributed by atoms with Crippen LogP contribution in [-0.2, 0) is 14.8 Å². The van der Waals surface area contributed by atoms with Gasteiger partial charge < -0.3 is 5.32 Å². The zero-order valence-electron chi connectivity index (χ0n) is 13.2. The number of hydrogen-bond donors (Lipinski definition) is 1. The first kappa shape index (κ1) is 18.6. The maximum atomic E-state index is 12.3. The first-order chi connectivity index (χ1) is 11.3. The van der Waals surface area contributed by atoms with Crippen molar-refractivity contribution < 1.29 is 13.2 Å². The SMILES string of the molecule is CSc1cccc(NC(=O)CN(c2ccccc2Cl)S(C)(=O)=O)c1. The molecule has 24 heavy (non-hydrogen) atoms. The summed E-state index contributed by atoms with van der Waals surface area (Å²) in [4.78, 5) is 13.3. The minimum absolute atomic E-state index is 0.264. The smallest absolute Gasteiger partial charge is 0.245 e. The molecule has 0 radical (unpaired) electrons. The van der Waals surface area contributed by atoms with Crippen molar-refractivity contribution in [2.45, 2.75) is 4.90 Å². The Bertz CT molecular complexity index is 841. The van der Waals surface area contributed by atoms with Gasteiger partial charge in [-0.25, -0.2) is 8.42 Å². The van der Waals surface area contributed by atoms with E-state index in [1.54, 1.807) is 42.1 Å². The van der Waals surface area contributed by atoms with E-state index in [0.717, 1.165) is 15.5 Å². The molecular formula is C16H17ClN2O3S2. The number of hydrogen-bond acceptors (Lipinski definition) is 4. The van der Waals surface area contributed by atoms with Crippen molar-refractivity contribution in [3.05, 3.63) is 53.6 Å². The van der Waals surface area contributed by atoms with E-state index < -0.39 is 15.9 Å². The fraction of sp³-hybridized carbons (Fsp3) is 0.188. The highest BCUT2D eigenvalue weighted by molar-refractivity contribution is 7.98. The van der Waals surface area contributed by atoms with Gasteiger partial charge in [0.05, 0.1) is 17.0 Å². The Labute approximate surface area is 151 Å². The summed E-state index contributed by atoms with van der Waals surface area (Å²) >= 11 is 7.62. The maximum absolute atomic E-state index is 12.3. The predicted octanol–water partition coefficient (Wildman–Crippen LogP) is 3.47. The van der Waals surface area contributed by atoms with Crippen LogP contribution >= 0.6 is 23.4 Å². The van der Waals surface area contributed by atoms with Gasteiger partial charge >= 0.3 is 0 Å². The van der Waals surface area contributed by atoms with Crippen LogP contribution in [0.25, 0.3) is 0 Å². The van der Waals surface area contributed by atoms with Crippen LogP contribution in [0.2, 0.25) is 5.02 Å². The molecule has 0 aromatic heterocycles. The molecule has 0 fully saturated rings. The van der Waals surface area contributed by atoms with E-state index in [4.69, 9.17) is 11.6 Å². The second kappa shape index (κ2) is 7.92. The molecule has 0 saturated heterocycles. The number of sulfonamides is 1. The average Bonchev–Trinajstić information content (AvgIpc) is 2.52. The zero-order chi connectivity index (χ0) is 17.7. The summed E-state index contributed by atoms with van der Waals surface area (Å²) in [5, 5.41) is 2.97. The molecule has 0 aliphatic carbocycles. The molecule has 0 aliphatic rings. The minimum Gasteiger partial charge on any atom is -0.324 e. The number of benzene rings is 2. The highest BCUT2D eigenvalue weighted by atomic mass is 35.5. The lowest BCUT2D eigenvalue weighted by Crippen LogP contribution is -2.37. The standard InChI is InChI=1S/C16H17ClN2O3S2/c1-23-13-7-5-6-12(10-13)18-16(20)11-19(24(2,21)22)15-9-4-3-8-14(15)17/h3-10H,11H2,1-2H3,(H,18,20). The Balaban J connectivity index is 2.21. The summed E-state index contributed by atoms with van der Waals surface area (Å²) in [5.74, 6) is -0.446. The summed E-state index contributed by atoms with van der Waals surface area (Å²) in [6, 6.07) is 13.8. The van der Waals surface area contributed by atoms with Crippen LogP contribution in [0.3, 0.4) is 0 Å². The van der Waals surface area contributed by atoms with Gasteiger partial charge in [0.15, 0.2) is 0 Å². The van der Waals surface area contributed by atoms with Crippen molar-refractivity contribution in [3.63, 3.8) is 0 Å². The first-order valence-electron chi connectivity index (χ1n) is 6.97. The van der Waals surface area contributed by atoms with E-state index in [1.807, 2.05) is 24.5 Å². The van der Waals surface area contributed by atoms with Gasteiger partial charge in [0.25, 0.3) is 0 Å². The number of carbonyl (C=O) groups is 1. The third-order valence-corrected chi connectivity index (χ3v) is 5.33. The van der Waals surface area contributed by atoms with Crippen molar-refractivity contribution in [1.29, 1.82) is 0 Å². The van der Waals surface area contributed by atoms with Crippen LogP contribution in [0.15, 0.2) is 53.4 Å². The Hall–Kier alpha value is -1.70. The van der Waals surface area contributed by atoms with Crippen LogP contribution < -0.4 is 9.62 Å². The molecule has 0 spiro atoms. The van der Waals surface area contributed by atoms with E-state index in [-0.39, 0.29) is 17.3 Å². The molecule has 0 aliphatic heterocycles. The fourth-order valence-corrected chi connectivity index (χ4v) is 3.68. The summed E-state index contributed by atoms with van der Waals surface area (Å²) in [6.45, 7) is -0.355. The quantitative estimate of drug-likeness (QED) is 0.774. The second-order valence-corrected chi connectivity index (χ2v) is 8.19. The van der Waals surface area contributed by atoms with E-state index >= 15 is 0 Å². The Morgan fingerprint density at radius 3 is 2.54 bits per heavy atom. The molecule has 0 bridgehead atoms. The Morgan fingerprint density at radius 2 is 1.92 bits per heavy atom. The number of nitrogens with one attached hydrogen (secondary N) is 1. The van der Waals surface area contributed by atoms with Crippen LogP contribution in [-0.4, -0.2) is 33.4 Å². The van der Waals surface area contributed by atoms with Crippen molar-refractivity contribution >= 4 is 50.7 Å². The number of carbonyl (C=O) groups excluding carboxylic acids is 1. The van der Waals surface area contributed by atoms with Crippen LogP contribution in [0, 0.1) is 0 Å². The summed E-state index contributed by atoms with van der Waals surface area (Å²) in [5.41, 5.74) is 0.883. The normalized spacial score (nSPS) is 11.1. The monoisotopic (exact) mass is 384 g/mol. The highest BCUT2D eigenvalue weighted by Gasteiger charge is 2.22. The van der Waals surface area contributed by atoms with Gasteiger partial charge in [-0.1, -0.05) is 29.8 Å². The van der Waals surface area contributed by atoms with Gasteiger partial charge in [-0.3, -0.25) is 9.10 Å². The lowest BCUT2D eigenvalue weighted by molar-refractivity contribution is -0.114. The number of para-hydroxylation sites is 1. The number of nitrogens with zero attached hydrogens (tertiary/aromatic N) is 1. The molecule has 0 atom stereocenters. The number of amides is 1. The molecule has 0 heterocycles. The van der Waals surface area contributed by atoms with Gasteiger partial charge in [-0.15, -0.1) is 11.8 Å². The zero-order valence-corrected chi connectivity index (χ0v) is 15.6. The lowest BCUT2D eigenvalue weighted by atomic mass is 10.3. The lowest BCUT2D eigenvalue weighted by Gasteiger charge is -2.22. The van der Waals surface area contributed by atoms with Gasteiger partial charge in [-0.2, -0.15) is 0 Å². The van der Waals surface area contributed by atoms with Gasteiger partial charge in [0, 0.05) is 10.6 Å². The topological polar surface area (TPSA) is 66.5 Å². The molecule has 2 aromatic carbocycles. The van der Waals surface area contributed by atoms with E-state index in [9.17, 15) is 13.2 Å². The van der Waals surface area contributed by atoms with E-state index in [2.05, 4.69) is 5.32 Å². The van der Waals surface area contributed by atoms with E-state index in [0.29, 0.717) is 5.69 Å². The van der Waals surface area contributed by atoms with Crippen LogP contribution in [0.5, 0.6) is 0 Å².